The van der Waals surface area contributed by atoms with Crippen LogP contribution >= 0.6 is 0 Å². The zero-order valence-electron chi connectivity index (χ0n) is 11.3. The minimum Gasteiger partial charge on any atom is -0.356 e. The van der Waals surface area contributed by atoms with Gasteiger partial charge in [0.25, 0.3) is 5.91 Å². The van der Waals surface area contributed by atoms with Gasteiger partial charge in [-0.3, -0.25) is 9.59 Å². The van der Waals surface area contributed by atoms with Crippen LogP contribution in [0.3, 0.4) is 0 Å². The summed E-state index contributed by atoms with van der Waals surface area (Å²) in [6, 6.07) is 0. The van der Waals surface area contributed by atoms with Crippen molar-refractivity contribution in [2.75, 3.05) is 32.0 Å². The predicted molar refractivity (Wildman–Crippen MR) is 71.0 cm³/mol. The van der Waals surface area contributed by atoms with E-state index in [-0.39, 0.29) is 18.4 Å². The first-order valence-corrected chi connectivity index (χ1v) is 6.45. The van der Waals surface area contributed by atoms with Crippen molar-refractivity contribution in [3.63, 3.8) is 0 Å². The lowest BCUT2D eigenvalue weighted by atomic mass is 10.4. The van der Waals surface area contributed by atoms with E-state index in [1.54, 1.807) is 18.1 Å². The van der Waals surface area contributed by atoms with Crippen molar-refractivity contribution in [1.82, 2.24) is 19.8 Å². The number of rotatable bonds is 4. The van der Waals surface area contributed by atoms with E-state index in [4.69, 9.17) is 0 Å². The number of anilines is 1. The summed E-state index contributed by atoms with van der Waals surface area (Å²) in [6.07, 6.45) is 2.73. The quantitative estimate of drug-likeness (QED) is 0.797. The number of carbonyl (C=O) groups is 2. The van der Waals surface area contributed by atoms with Crippen LogP contribution in [0.4, 0.5) is 5.95 Å². The molecule has 0 unspecified atom stereocenters. The Morgan fingerprint density at radius 3 is 3.05 bits per heavy atom. The van der Waals surface area contributed by atoms with Crippen molar-refractivity contribution < 1.29 is 9.59 Å². The predicted octanol–water partition coefficient (Wildman–Crippen LogP) is -0.0932. The Morgan fingerprint density at radius 2 is 2.37 bits per heavy atom. The standard InChI is InChI=1S/C12H19N5O2/c1-3-16(2)10(18)7-14-11(19)9-8-17-6-4-5-13-12(17)15-9/h8H,3-7H2,1-2H3,(H,13,15)(H,14,19). The van der Waals surface area contributed by atoms with Gasteiger partial charge in [0.1, 0.15) is 5.69 Å². The number of amides is 2. The smallest absolute Gasteiger partial charge is 0.271 e. The number of fused-ring (bicyclic) bond motifs is 1. The second-order valence-electron chi connectivity index (χ2n) is 4.51. The number of nitrogens with one attached hydrogen (secondary N) is 2. The lowest BCUT2D eigenvalue weighted by Crippen LogP contribution is -2.38. The summed E-state index contributed by atoms with van der Waals surface area (Å²) in [4.78, 5) is 29.2. The Labute approximate surface area is 112 Å². The van der Waals surface area contributed by atoms with E-state index in [0.29, 0.717) is 18.2 Å². The Morgan fingerprint density at radius 1 is 1.58 bits per heavy atom. The fraction of sp³-hybridized carbons (Fsp3) is 0.583. The first-order valence-electron chi connectivity index (χ1n) is 6.45. The molecule has 2 amide bonds. The van der Waals surface area contributed by atoms with E-state index in [1.165, 1.54) is 0 Å². The lowest BCUT2D eigenvalue weighted by molar-refractivity contribution is -0.128. The van der Waals surface area contributed by atoms with Crippen LogP contribution in [0.5, 0.6) is 0 Å². The number of aromatic nitrogens is 2. The van der Waals surface area contributed by atoms with Crippen LogP contribution in [0.1, 0.15) is 23.8 Å². The van der Waals surface area contributed by atoms with E-state index < -0.39 is 0 Å². The van der Waals surface area contributed by atoms with Crippen LogP contribution in [-0.2, 0) is 11.3 Å². The van der Waals surface area contributed by atoms with Crippen molar-refractivity contribution in [1.29, 1.82) is 0 Å². The number of imidazole rings is 1. The molecular weight excluding hydrogens is 246 g/mol. The monoisotopic (exact) mass is 265 g/mol. The topological polar surface area (TPSA) is 79.3 Å². The van der Waals surface area contributed by atoms with Gasteiger partial charge >= 0.3 is 0 Å². The maximum atomic E-state index is 11.9. The van der Waals surface area contributed by atoms with Gasteiger partial charge in [0.2, 0.25) is 11.9 Å². The molecule has 7 heteroatoms. The number of aryl methyl sites for hydroxylation is 1. The molecule has 0 fully saturated rings. The minimum atomic E-state index is -0.318. The van der Waals surface area contributed by atoms with Crippen LogP contribution in [-0.4, -0.2) is 52.9 Å². The van der Waals surface area contributed by atoms with Gasteiger partial charge in [-0.15, -0.1) is 0 Å². The van der Waals surface area contributed by atoms with Gasteiger partial charge in [0, 0.05) is 32.9 Å². The third-order valence-corrected chi connectivity index (χ3v) is 3.17. The summed E-state index contributed by atoms with van der Waals surface area (Å²) in [6.45, 7) is 4.24. The van der Waals surface area contributed by atoms with Crippen molar-refractivity contribution in [2.45, 2.75) is 19.9 Å². The van der Waals surface area contributed by atoms with Gasteiger partial charge in [-0.2, -0.15) is 0 Å². The number of carbonyl (C=O) groups excluding carboxylic acids is 2. The highest BCUT2D eigenvalue weighted by molar-refractivity contribution is 5.95. The van der Waals surface area contributed by atoms with Gasteiger partial charge < -0.3 is 20.1 Å². The number of likely N-dealkylation sites (N-methyl/N-ethyl adjacent to an activating group) is 1. The Kier molecular flexibility index (Phi) is 4.03. The van der Waals surface area contributed by atoms with Crippen LogP contribution in [0.25, 0.3) is 0 Å². The van der Waals surface area contributed by atoms with E-state index in [9.17, 15) is 9.59 Å². The van der Waals surface area contributed by atoms with Crippen LogP contribution in [0, 0.1) is 0 Å². The lowest BCUT2D eigenvalue weighted by Gasteiger charge is -2.14. The molecule has 0 atom stereocenters. The molecule has 1 aromatic heterocycles. The van der Waals surface area contributed by atoms with E-state index in [0.717, 1.165) is 19.5 Å². The molecule has 2 rings (SSSR count). The molecule has 0 spiro atoms. The highest BCUT2D eigenvalue weighted by Gasteiger charge is 2.17. The summed E-state index contributed by atoms with van der Waals surface area (Å²) in [7, 11) is 1.70. The molecule has 0 saturated carbocycles. The van der Waals surface area contributed by atoms with Gasteiger partial charge in [-0.05, 0) is 13.3 Å². The highest BCUT2D eigenvalue weighted by atomic mass is 16.2. The number of nitrogens with zero attached hydrogens (tertiary/aromatic N) is 3. The molecule has 0 saturated heterocycles. The maximum Gasteiger partial charge on any atom is 0.271 e. The molecule has 2 heterocycles. The van der Waals surface area contributed by atoms with Gasteiger partial charge in [0.15, 0.2) is 0 Å². The molecular formula is C12H19N5O2. The fourth-order valence-electron chi connectivity index (χ4n) is 1.84. The molecule has 7 nitrogen and oxygen atoms in total. The molecule has 104 valence electrons. The molecule has 1 aliphatic rings. The summed E-state index contributed by atoms with van der Waals surface area (Å²) in [5, 5.41) is 5.72. The van der Waals surface area contributed by atoms with Gasteiger partial charge in [0.05, 0.1) is 6.54 Å². The highest BCUT2D eigenvalue weighted by Crippen LogP contribution is 2.13. The summed E-state index contributed by atoms with van der Waals surface area (Å²) < 4.78 is 1.92. The minimum absolute atomic E-state index is 0.00120. The summed E-state index contributed by atoms with van der Waals surface area (Å²) >= 11 is 0. The molecule has 0 aliphatic carbocycles. The summed E-state index contributed by atoms with van der Waals surface area (Å²) in [5.41, 5.74) is 0.344. The Bertz CT molecular complexity index is 459. The first kappa shape index (κ1) is 13.4. The zero-order valence-corrected chi connectivity index (χ0v) is 11.3. The Hall–Kier alpha value is -2.05. The van der Waals surface area contributed by atoms with Crippen molar-refractivity contribution in [3.05, 3.63) is 11.9 Å². The third kappa shape index (κ3) is 3.04. The normalized spacial score (nSPS) is 13.4. The average Bonchev–Trinajstić information content (AvgIpc) is 2.87. The van der Waals surface area contributed by atoms with E-state index in [2.05, 4.69) is 15.6 Å². The van der Waals surface area contributed by atoms with Crippen molar-refractivity contribution in [3.8, 4) is 0 Å². The van der Waals surface area contributed by atoms with E-state index in [1.807, 2.05) is 11.5 Å². The second kappa shape index (κ2) is 5.73. The second-order valence-corrected chi connectivity index (χ2v) is 4.51. The van der Waals surface area contributed by atoms with Crippen LogP contribution in [0.2, 0.25) is 0 Å². The first-order chi connectivity index (χ1) is 9.11. The Balaban J connectivity index is 1.93. The van der Waals surface area contributed by atoms with Crippen molar-refractivity contribution in [2.24, 2.45) is 0 Å². The van der Waals surface area contributed by atoms with E-state index >= 15 is 0 Å². The number of hydrogen-bond acceptors (Lipinski definition) is 4. The van der Waals surface area contributed by atoms with Gasteiger partial charge in [-0.25, -0.2) is 4.98 Å². The average molecular weight is 265 g/mol. The molecule has 19 heavy (non-hydrogen) atoms. The number of hydrogen-bond donors (Lipinski definition) is 2. The van der Waals surface area contributed by atoms with Gasteiger partial charge in [-0.1, -0.05) is 0 Å². The molecule has 0 bridgehead atoms. The molecule has 0 radical (unpaired) electrons. The molecule has 0 aromatic carbocycles. The molecule has 1 aromatic rings. The fourth-order valence-corrected chi connectivity index (χ4v) is 1.84. The van der Waals surface area contributed by atoms with Crippen molar-refractivity contribution >= 4 is 17.8 Å². The molecule has 2 N–H and O–H groups in total. The third-order valence-electron chi connectivity index (χ3n) is 3.17. The van der Waals surface area contributed by atoms with Crippen LogP contribution < -0.4 is 10.6 Å². The summed E-state index contributed by atoms with van der Waals surface area (Å²) in [5.74, 6) is 0.285. The largest absolute Gasteiger partial charge is 0.356 e. The molecule has 1 aliphatic heterocycles. The SMILES string of the molecule is CCN(C)C(=O)CNC(=O)c1cn2c(n1)NCCC2. The van der Waals surface area contributed by atoms with Crippen LogP contribution in [0.15, 0.2) is 6.20 Å². The zero-order chi connectivity index (χ0) is 13.8. The maximum absolute atomic E-state index is 11.9.